The van der Waals surface area contributed by atoms with E-state index in [4.69, 9.17) is 21.1 Å². The second-order valence-corrected chi connectivity index (χ2v) is 6.08. The molecular formula is C18H23ClO2. The molecule has 0 fully saturated rings. The summed E-state index contributed by atoms with van der Waals surface area (Å²) in [5, 5.41) is 2.20. The molecule has 0 spiro atoms. The van der Waals surface area contributed by atoms with Crippen molar-refractivity contribution in [3.05, 3.63) is 35.9 Å². The van der Waals surface area contributed by atoms with Gasteiger partial charge in [-0.3, -0.25) is 0 Å². The molecule has 2 aromatic rings. The van der Waals surface area contributed by atoms with Crippen LogP contribution in [0.15, 0.2) is 30.3 Å². The van der Waals surface area contributed by atoms with Crippen LogP contribution in [-0.4, -0.2) is 19.1 Å². The van der Waals surface area contributed by atoms with Gasteiger partial charge < -0.3 is 9.47 Å². The number of hydrogen-bond acceptors (Lipinski definition) is 2. The van der Waals surface area contributed by atoms with Crippen LogP contribution in [0.2, 0.25) is 0 Å². The molecule has 2 nitrogen and oxygen atoms in total. The summed E-state index contributed by atoms with van der Waals surface area (Å²) in [6.07, 6.45) is 0.848. The first kappa shape index (κ1) is 16.0. The van der Waals surface area contributed by atoms with Crippen LogP contribution in [0.4, 0.5) is 0 Å². The molecule has 3 heteroatoms. The van der Waals surface area contributed by atoms with E-state index in [0.29, 0.717) is 18.4 Å². The van der Waals surface area contributed by atoms with Gasteiger partial charge in [0, 0.05) is 16.7 Å². The molecule has 0 bridgehead atoms. The fourth-order valence-corrected chi connectivity index (χ4v) is 2.26. The number of aryl methyl sites for hydroxylation is 1. The van der Waals surface area contributed by atoms with Gasteiger partial charge in [-0.2, -0.15) is 0 Å². The Labute approximate surface area is 132 Å². The van der Waals surface area contributed by atoms with Gasteiger partial charge in [0.15, 0.2) is 0 Å². The lowest BCUT2D eigenvalue weighted by molar-refractivity contribution is 0.273. The molecule has 0 aliphatic heterocycles. The summed E-state index contributed by atoms with van der Waals surface area (Å²) in [7, 11) is 0. The predicted molar refractivity (Wildman–Crippen MR) is 89.9 cm³/mol. The number of ether oxygens (including phenoxy) is 2. The Morgan fingerprint density at radius 3 is 2.38 bits per heavy atom. The fourth-order valence-electron chi connectivity index (χ4n) is 2.15. The van der Waals surface area contributed by atoms with Gasteiger partial charge in [0.25, 0.3) is 0 Å². The van der Waals surface area contributed by atoms with Gasteiger partial charge in [0.2, 0.25) is 0 Å². The highest BCUT2D eigenvalue weighted by Crippen LogP contribution is 2.34. The number of fused-ring (bicyclic) bond motifs is 1. The van der Waals surface area contributed by atoms with E-state index in [1.807, 2.05) is 12.1 Å². The van der Waals surface area contributed by atoms with Gasteiger partial charge in [-0.1, -0.05) is 31.5 Å². The minimum absolute atomic E-state index is 0.505. The maximum Gasteiger partial charge on any atom is 0.127 e. The van der Waals surface area contributed by atoms with E-state index in [-0.39, 0.29) is 0 Å². The molecule has 0 N–H and O–H groups in total. The van der Waals surface area contributed by atoms with Crippen LogP contribution in [-0.2, 0) is 0 Å². The van der Waals surface area contributed by atoms with Gasteiger partial charge in [-0.05, 0) is 37.5 Å². The molecule has 2 rings (SSSR count). The van der Waals surface area contributed by atoms with Crippen LogP contribution >= 0.6 is 11.6 Å². The quantitative estimate of drug-likeness (QED) is 0.517. The third-order valence-electron chi connectivity index (χ3n) is 3.20. The molecule has 2 aromatic carbocycles. The van der Waals surface area contributed by atoms with Crippen LogP contribution in [0.3, 0.4) is 0 Å². The number of benzene rings is 2. The van der Waals surface area contributed by atoms with E-state index in [9.17, 15) is 0 Å². The van der Waals surface area contributed by atoms with Gasteiger partial charge in [0.05, 0.1) is 13.2 Å². The topological polar surface area (TPSA) is 18.5 Å². The van der Waals surface area contributed by atoms with Crippen molar-refractivity contribution < 1.29 is 9.47 Å². The first-order chi connectivity index (χ1) is 10.1. The standard InChI is InChI=1S/C18H23ClO2/c1-13(2)12-21-17-7-8-18(20-10-4-9-19)16-11-14(3)5-6-15(16)17/h5-8,11,13H,4,9-10,12H2,1-3H3. The summed E-state index contributed by atoms with van der Waals surface area (Å²) in [6, 6.07) is 10.3. The molecular weight excluding hydrogens is 284 g/mol. The summed E-state index contributed by atoms with van der Waals surface area (Å²) in [5.41, 5.74) is 1.21. The molecule has 0 saturated carbocycles. The molecule has 0 radical (unpaired) electrons. The van der Waals surface area contributed by atoms with E-state index in [1.165, 1.54) is 5.56 Å². The van der Waals surface area contributed by atoms with Crippen LogP contribution in [0, 0.1) is 12.8 Å². The zero-order valence-electron chi connectivity index (χ0n) is 13.0. The lowest BCUT2D eigenvalue weighted by Crippen LogP contribution is -2.05. The Morgan fingerprint density at radius 2 is 1.71 bits per heavy atom. The first-order valence-electron chi connectivity index (χ1n) is 7.46. The van der Waals surface area contributed by atoms with Crippen molar-refractivity contribution in [2.45, 2.75) is 27.2 Å². The summed E-state index contributed by atoms with van der Waals surface area (Å²) in [6.45, 7) is 7.74. The molecule has 114 valence electrons. The van der Waals surface area contributed by atoms with Crippen LogP contribution in [0.1, 0.15) is 25.8 Å². The third-order valence-corrected chi connectivity index (χ3v) is 3.47. The third kappa shape index (κ3) is 4.28. The first-order valence-corrected chi connectivity index (χ1v) is 8.00. The lowest BCUT2D eigenvalue weighted by atomic mass is 10.1. The summed E-state index contributed by atoms with van der Waals surface area (Å²) in [5.74, 6) is 2.94. The van der Waals surface area contributed by atoms with Crippen molar-refractivity contribution in [3.63, 3.8) is 0 Å². The van der Waals surface area contributed by atoms with Crippen LogP contribution < -0.4 is 9.47 Å². The van der Waals surface area contributed by atoms with Crippen LogP contribution in [0.25, 0.3) is 10.8 Å². The summed E-state index contributed by atoms with van der Waals surface area (Å²) in [4.78, 5) is 0. The SMILES string of the molecule is Cc1ccc2c(OCC(C)C)ccc(OCCCCl)c2c1. The maximum atomic E-state index is 5.92. The Morgan fingerprint density at radius 1 is 1.00 bits per heavy atom. The number of alkyl halides is 1. The summed E-state index contributed by atoms with van der Waals surface area (Å²) >= 11 is 5.71. The molecule has 0 atom stereocenters. The van der Waals surface area contributed by atoms with Gasteiger partial charge in [-0.15, -0.1) is 11.6 Å². The number of hydrogen-bond donors (Lipinski definition) is 0. The highest BCUT2D eigenvalue weighted by Gasteiger charge is 2.09. The average Bonchev–Trinajstić information content (AvgIpc) is 2.46. The average molecular weight is 307 g/mol. The molecule has 21 heavy (non-hydrogen) atoms. The Hall–Kier alpha value is -1.41. The van der Waals surface area contributed by atoms with E-state index in [1.54, 1.807) is 0 Å². The summed E-state index contributed by atoms with van der Waals surface area (Å²) < 4.78 is 11.8. The maximum absolute atomic E-state index is 5.92. The zero-order chi connectivity index (χ0) is 15.2. The number of halogens is 1. The molecule has 0 unspecified atom stereocenters. The minimum Gasteiger partial charge on any atom is -0.493 e. The molecule has 0 aliphatic rings. The Bertz CT molecular complexity index is 593. The monoisotopic (exact) mass is 306 g/mol. The Kier molecular flexibility index (Phi) is 5.75. The predicted octanol–water partition coefficient (Wildman–Crippen LogP) is 5.19. The van der Waals surface area contributed by atoms with Crippen molar-refractivity contribution in [3.8, 4) is 11.5 Å². The largest absolute Gasteiger partial charge is 0.493 e. The van der Waals surface area contributed by atoms with Crippen molar-refractivity contribution >= 4 is 22.4 Å². The second-order valence-electron chi connectivity index (χ2n) is 5.71. The van der Waals surface area contributed by atoms with Crippen LogP contribution in [0.5, 0.6) is 11.5 Å². The van der Waals surface area contributed by atoms with E-state index < -0.39 is 0 Å². The van der Waals surface area contributed by atoms with Gasteiger partial charge >= 0.3 is 0 Å². The van der Waals surface area contributed by atoms with Crippen molar-refractivity contribution in [1.29, 1.82) is 0 Å². The van der Waals surface area contributed by atoms with Gasteiger partial charge in [0.1, 0.15) is 11.5 Å². The van der Waals surface area contributed by atoms with Crippen molar-refractivity contribution in [2.75, 3.05) is 19.1 Å². The fraction of sp³-hybridized carbons (Fsp3) is 0.444. The molecule has 0 aromatic heterocycles. The zero-order valence-corrected chi connectivity index (χ0v) is 13.7. The molecule has 0 saturated heterocycles. The molecule has 0 amide bonds. The molecule has 0 aliphatic carbocycles. The highest BCUT2D eigenvalue weighted by molar-refractivity contribution is 6.17. The van der Waals surface area contributed by atoms with E-state index in [2.05, 4.69) is 39.0 Å². The van der Waals surface area contributed by atoms with Crippen molar-refractivity contribution in [2.24, 2.45) is 5.92 Å². The highest BCUT2D eigenvalue weighted by atomic mass is 35.5. The number of rotatable bonds is 7. The second kappa shape index (κ2) is 7.56. The molecule has 0 heterocycles. The van der Waals surface area contributed by atoms with Crippen molar-refractivity contribution in [1.82, 2.24) is 0 Å². The lowest BCUT2D eigenvalue weighted by Gasteiger charge is -2.15. The Balaban J connectivity index is 2.34. The van der Waals surface area contributed by atoms with E-state index >= 15 is 0 Å². The smallest absolute Gasteiger partial charge is 0.127 e. The van der Waals surface area contributed by atoms with E-state index in [0.717, 1.165) is 35.3 Å². The van der Waals surface area contributed by atoms with Gasteiger partial charge in [-0.25, -0.2) is 0 Å². The normalized spacial score (nSPS) is 11.1. The minimum atomic E-state index is 0.505.